The molecule has 2 nitrogen and oxygen atoms in total. The molecule has 1 spiro atoms. The van der Waals surface area contributed by atoms with Crippen molar-refractivity contribution in [3.8, 4) is 50.2 Å². The molecule has 3 aliphatic carbocycles. The molecule has 0 fully saturated rings. The number of aromatic nitrogens is 1. The van der Waals surface area contributed by atoms with E-state index in [9.17, 15) is 0 Å². The van der Waals surface area contributed by atoms with Gasteiger partial charge in [0.2, 0.25) is 0 Å². The minimum Gasteiger partial charge on any atom is -0.313 e. The fraction of sp³-hybridized carbons (Fsp3) is 0.0492. The van der Waals surface area contributed by atoms with Crippen molar-refractivity contribution in [1.29, 1.82) is 0 Å². The van der Waals surface area contributed by atoms with Crippen molar-refractivity contribution in [1.82, 2.24) is 4.57 Å². The number of anilines is 3. The molecule has 0 N–H and O–H groups in total. The first-order valence-electron chi connectivity index (χ1n) is 22.1. The molecule has 1 heterocycles. The number of rotatable bonds is 6. The second-order valence-corrected chi connectivity index (χ2v) is 17.1. The smallest absolute Gasteiger partial charge is 0.0726 e. The molecular formula is C61H42N2. The molecule has 1 aromatic heterocycles. The van der Waals surface area contributed by atoms with Gasteiger partial charge in [0.15, 0.2) is 0 Å². The van der Waals surface area contributed by atoms with E-state index in [1.54, 1.807) is 0 Å². The summed E-state index contributed by atoms with van der Waals surface area (Å²) in [6.45, 7) is 0. The van der Waals surface area contributed by atoms with Gasteiger partial charge in [0.25, 0.3) is 0 Å². The summed E-state index contributed by atoms with van der Waals surface area (Å²) in [5.41, 5.74) is 23.6. The molecule has 10 aromatic rings. The highest BCUT2D eigenvalue weighted by atomic mass is 15.1. The fourth-order valence-electron chi connectivity index (χ4n) is 11.2. The van der Waals surface area contributed by atoms with Gasteiger partial charge in [0, 0.05) is 39.4 Å². The molecule has 0 aliphatic heterocycles. The van der Waals surface area contributed by atoms with Crippen molar-refractivity contribution in [2.75, 3.05) is 4.90 Å². The highest BCUT2D eigenvalue weighted by Crippen LogP contribution is 2.63. The van der Waals surface area contributed by atoms with Gasteiger partial charge in [0.05, 0.1) is 10.9 Å². The summed E-state index contributed by atoms with van der Waals surface area (Å²) >= 11 is 0. The third-order valence-electron chi connectivity index (χ3n) is 13.9. The molecule has 0 unspecified atom stereocenters. The van der Waals surface area contributed by atoms with E-state index in [0.717, 1.165) is 29.9 Å². The molecule has 3 aliphatic rings. The summed E-state index contributed by atoms with van der Waals surface area (Å²) in [6, 6.07) is 81.0. The highest BCUT2D eigenvalue weighted by Gasteiger charge is 2.51. The van der Waals surface area contributed by atoms with E-state index >= 15 is 0 Å². The molecule has 9 aromatic carbocycles. The Labute approximate surface area is 368 Å². The van der Waals surface area contributed by atoms with Gasteiger partial charge in [-0.25, -0.2) is 0 Å². The molecule has 296 valence electrons. The summed E-state index contributed by atoms with van der Waals surface area (Å²) < 4.78 is 2.46. The van der Waals surface area contributed by atoms with Crippen LogP contribution in [-0.2, 0) is 11.8 Å². The number of allylic oxidation sites excluding steroid dienone is 1. The molecule has 63 heavy (non-hydrogen) atoms. The summed E-state index contributed by atoms with van der Waals surface area (Å²) in [6.07, 6.45) is 6.75. The average Bonchev–Trinajstić information content (AvgIpc) is 3.96. The first-order valence-corrected chi connectivity index (χ1v) is 22.1. The maximum Gasteiger partial charge on any atom is 0.0726 e. The Morgan fingerprint density at radius 1 is 0.397 bits per heavy atom. The van der Waals surface area contributed by atoms with Gasteiger partial charge in [-0.1, -0.05) is 170 Å². The van der Waals surface area contributed by atoms with Gasteiger partial charge in [-0.3, -0.25) is 0 Å². The Kier molecular flexibility index (Phi) is 7.98. The summed E-state index contributed by atoms with van der Waals surface area (Å²) in [4.78, 5) is 2.44. The van der Waals surface area contributed by atoms with Crippen LogP contribution in [-0.4, -0.2) is 4.57 Å². The first-order chi connectivity index (χ1) is 31.3. The lowest BCUT2D eigenvalue weighted by atomic mass is 9.70. The second-order valence-electron chi connectivity index (χ2n) is 17.1. The van der Waals surface area contributed by atoms with Crippen molar-refractivity contribution in [2.24, 2.45) is 0 Å². The van der Waals surface area contributed by atoms with Crippen LogP contribution in [0.25, 0.3) is 67.2 Å². The standard InChI is InChI=1S/C61H42N2/c1-3-15-41(16-4-1)42-27-32-46(33-28-42)62(47-34-29-43(30-35-47)44-31-38-60-54(39-44)53-22-10-14-26-59(53)63(60)45-17-5-2-6-18-45)48-36-37-52-51-21-9-13-25-57(51)61(58(52)40-48)55-23-11-7-19-49(55)50-20-8-12-24-56(50)61/h1-13,15-25,27-40H,14,26H2. The molecule has 2 heteroatoms. The number of benzene rings is 9. The number of hydrogen-bond acceptors (Lipinski definition) is 1. The van der Waals surface area contributed by atoms with Gasteiger partial charge in [-0.15, -0.1) is 0 Å². The third kappa shape index (κ3) is 5.31. The van der Waals surface area contributed by atoms with Gasteiger partial charge in [-0.05, 0) is 140 Å². The van der Waals surface area contributed by atoms with Gasteiger partial charge in [0.1, 0.15) is 0 Å². The SMILES string of the molecule is C1=Cc2c(n(-c3ccccc3)c3ccc(-c4ccc(N(c5ccc(-c6ccccc6)cc5)c5ccc6c(c5)C5(c7ccccc7-c7ccccc75)c5ccccc5-6)cc4)cc23)CC1. The van der Waals surface area contributed by atoms with Crippen LogP contribution in [0.4, 0.5) is 17.1 Å². The largest absolute Gasteiger partial charge is 0.313 e. The molecule has 0 radical (unpaired) electrons. The molecular weight excluding hydrogens is 761 g/mol. The number of nitrogens with zero attached hydrogens (tertiary/aromatic N) is 2. The maximum atomic E-state index is 2.48. The van der Waals surface area contributed by atoms with Gasteiger partial charge < -0.3 is 9.47 Å². The zero-order chi connectivity index (χ0) is 41.5. The van der Waals surface area contributed by atoms with Crippen molar-refractivity contribution >= 4 is 34.0 Å². The van der Waals surface area contributed by atoms with Crippen LogP contribution in [0.15, 0.2) is 224 Å². The third-order valence-corrected chi connectivity index (χ3v) is 13.9. The molecule has 0 saturated carbocycles. The Morgan fingerprint density at radius 3 is 1.51 bits per heavy atom. The van der Waals surface area contributed by atoms with E-state index in [0.29, 0.717) is 0 Å². The van der Waals surface area contributed by atoms with E-state index in [1.165, 1.54) is 94.6 Å². The van der Waals surface area contributed by atoms with Crippen LogP contribution < -0.4 is 4.90 Å². The van der Waals surface area contributed by atoms with E-state index in [1.807, 2.05) is 0 Å². The number of fused-ring (bicyclic) bond motifs is 13. The van der Waals surface area contributed by atoms with Crippen LogP contribution in [0, 0.1) is 0 Å². The quantitative estimate of drug-likeness (QED) is 0.163. The fourth-order valence-corrected chi connectivity index (χ4v) is 11.2. The molecule has 0 bridgehead atoms. The summed E-state index contributed by atoms with van der Waals surface area (Å²) in [5.74, 6) is 0. The molecule has 0 saturated heterocycles. The normalized spacial score (nSPS) is 13.7. The molecule has 0 atom stereocenters. The minimum absolute atomic E-state index is 0.422. The minimum atomic E-state index is -0.422. The van der Waals surface area contributed by atoms with Gasteiger partial charge >= 0.3 is 0 Å². The topological polar surface area (TPSA) is 8.17 Å². The molecule has 0 amide bonds. The van der Waals surface area contributed by atoms with Gasteiger partial charge in [-0.2, -0.15) is 0 Å². The van der Waals surface area contributed by atoms with Crippen LogP contribution >= 0.6 is 0 Å². The van der Waals surface area contributed by atoms with E-state index < -0.39 is 5.41 Å². The van der Waals surface area contributed by atoms with Crippen LogP contribution in [0.3, 0.4) is 0 Å². The van der Waals surface area contributed by atoms with Crippen LogP contribution in [0.2, 0.25) is 0 Å². The van der Waals surface area contributed by atoms with Crippen LogP contribution in [0.1, 0.15) is 39.9 Å². The Bertz CT molecular complexity index is 3360. The van der Waals surface area contributed by atoms with E-state index in [4.69, 9.17) is 0 Å². The zero-order valence-corrected chi connectivity index (χ0v) is 34.7. The van der Waals surface area contributed by atoms with Crippen molar-refractivity contribution in [3.05, 3.63) is 258 Å². The lowest BCUT2D eigenvalue weighted by molar-refractivity contribution is 0.793. The monoisotopic (exact) mass is 802 g/mol. The Morgan fingerprint density at radius 2 is 0.889 bits per heavy atom. The van der Waals surface area contributed by atoms with E-state index in [2.05, 4.69) is 240 Å². The van der Waals surface area contributed by atoms with Crippen molar-refractivity contribution in [2.45, 2.75) is 18.3 Å². The van der Waals surface area contributed by atoms with E-state index in [-0.39, 0.29) is 0 Å². The van der Waals surface area contributed by atoms with Crippen molar-refractivity contribution in [3.63, 3.8) is 0 Å². The lowest BCUT2D eigenvalue weighted by Crippen LogP contribution is -2.26. The maximum absolute atomic E-state index is 2.48. The predicted molar refractivity (Wildman–Crippen MR) is 262 cm³/mol. The first kappa shape index (κ1) is 35.8. The molecule has 13 rings (SSSR count). The van der Waals surface area contributed by atoms with Crippen molar-refractivity contribution < 1.29 is 0 Å². The number of hydrogen-bond donors (Lipinski definition) is 0. The Balaban J connectivity index is 0.963. The number of para-hydroxylation sites is 1. The summed E-state index contributed by atoms with van der Waals surface area (Å²) in [5, 5.41) is 1.30. The van der Waals surface area contributed by atoms with Crippen LogP contribution in [0.5, 0.6) is 0 Å². The lowest BCUT2D eigenvalue weighted by Gasteiger charge is -2.32. The average molecular weight is 803 g/mol. The summed E-state index contributed by atoms with van der Waals surface area (Å²) in [7, 11) is 0. The second kappa shape index (κ2) is 14.1. The zero-order valence-electron chi connectivity index (χ0n) is 34.7. The Hall–Kier alpha value is -7.94. The highest BCUT2D eigenvalue weighted by molar-refractivity contribution is 5.98. The predicted octanol–water partition coefficient (Wildman–Crippen LogP) is 15.7.